The smallest absolute Gasteiger partial charge is 0.238 e. The monoisotopic (exact) mass is 329 g/mol. The zero-order chi connectivity index (χ0) is 18.2. The highest BCUT2D eigenvalue weighted by molar-refractivity contribution is 5.96. The van der Waals surface area contributed by atoms with E-state index in [2.05, 4.69) is 23.8 Å². The first-order chi connectivity index (χ1) is 11.3. The molecule has 0 aliphatic heterocycles. The van der Waals surface area contributed by atoms with E-state index in [1.54, 1.807) is 36.4 Å². The fraction of sp³-hybridized carbons (Fsp3) is 0.368. The summed E-state index contributed by atoms with van der Waals surface area (Å²) in [6.45, 7) is 14.4. The molecule has 0 radical (unpaired) electrons. The molecule has 130 valence electrons. The van der Waals surface area contributed by atoms with E-state index in [-0.39, 0.29) is 18.4 Å². The molecule has 0 unspecified atom stereocenters. The summed E-state index contributed by atoms with van der Waals surface area (Å²) in [5, 5.41) is 5.69. The van der Waals surface area contributed by atoms with Gasteiger partial charge < -0.3 is 10.6 Å². The average molecular weight is 329 g/mol. The Kier molecular flexibility index (Phi) is 7.39. The quantitative estimate of drug-likeness (QED) is 0.720. The second kappa shape index (κ2) is 9.03. The fourth-order valence-corrected chi connectivity index (χ4v) is 1.97. The van der Waals surface area contributed by atoms with Gasteiger partial charge in [-0.2, -0.15) is 0 Å². The molecule has 0 heterocycles. The van der Waals surface area contributed by atoms with E-state index in [1.165, 1.54) is 0 Å². The summed E-state index contributed by atoms with van der Waals surface area (Å²) >= 11 is 0. The Morgan fingerprint density at radius 1 is 1.08 bits per heavy atom. The van der Waals surface area contributed by atoms with Crippen LogP contribution in [0, 0.1) is 5.41 Å². The molecule has 0 atom stereocenters. The van der Waals surface area contributed by atoms with Crippen molar-refractivity contribution in [3.05, 3.63) is 49.6 Å². The lowest BCUT2D eigenvalue weighted by molar-refractivity contribution is -0.123. The summed E-state index contributed by atoms with van der Waals surface area (Å²) in [5.41, 5.74) is 0.820. The van der Waals surface area contributed by atoms with E-state index in [0.29, 0.717) is 24.5 Å². The van der Waals surface area contributed by atoms with Gasteiger partial charge in [-0.05, 0) is 18.2 Å². The van der Waals surface area contributed by atoms with Crippen LogP contribution in [-0.2, 0) is 9.59 Å². The zero-order valence-electron chi connectivity index (χ0n) is 14.8. The van der Waals surface area contributed by atoms with E-state index in [1.807, 2.05) is 25.7 Å². The number of hydrogen-bond donors (Lipinski definition) is 2. The predicted octanol–water partition coefficient (Wildman–Crippen LogP) is 3.28. The summed E-state index contributed by atoms with van der Waals surface area (Å²) in [5.74, 6) is -0.202. The van der Waals surface area contributed by atoms with Gasteiger partial charge in [0.15, 0.2) is 0 Å². The van der Waals surface area contributed by atoms with Crippen LogP contribution in [0.25, 0.3) is 0 Å². The highest BCUT2D eigenvalue weighted by Crippen LogP contribution is 2.20. The SMILES string of the molecule is C=CCN(CC=C)CC(=O)Nc1cccc(NC(=O)C(C)(C)C)c1. The molecule has 0 aliphatic carbocycles. The minimum absolute atomic E-state index is 0.0749. The normalized spacial score (nSPS) is 11.0. The Bertz CT molecular complexity index is 593. The van der Waals surface area contributed by atoms with E-state index in [9.17, 15) is 9.59 Å². The molecule has 2 N–H and O–H groups in total. The molecule has 0 aliphatic rings. The molecule has 24 heavy (non-hydrogen) atoms. The summed E-state index contributed by atoms with van der Waals surface area (Å²) < 4.78 is 0. The van der Waals surface area contributed by atoms with Crippen LogP contribution >= 0.6 is 0 Å². The Morgan fingerprint density at radius 2 is 1.62 bits per heavy atom. The van der Waals surface area contributed by atoms with E-state index < -0.39 is 5.41 Å². The van der Waals surface area contributed by atoms with E-state index in [4.69, 9.17) is 0 Å². The fourth-order valence-electron chi connectivity index (χ4n) is 1.97. The van der Waals surface area contributed by atoms with Crippen molar-refractivity contribution >= 4 is 23.2 Å². The maximum absolute atomic E-state index is 12.2. The van der Waals surface area contributed by atoms with E-state index >= 15 is 0 Å². The van der Waals surface area contributed by atoms with Gasteiger partial charge in [-0.15, -0.1) is 13.2 Å². The van der Waals surface area contributed by atoms with Gasteiger partial charge >= 0.3 is 0 Å². The van der Waals surface area contributed by atoms with Crippen molar-refractivity contribution in [2.45, 2.75) is 20.8 Å². The first-order valence-corrected chi connectivity index (χ1v) is 7.91. The second-order valence-corrected chi connectivity index (χ2v) is 6.60. The van der Waals surface area contributed by atoms with Gasteiger partial charge in [0.05, 0.1) is 6.54 Å². The van der Waals surface area contributed by atoms with Gasteiger partial charge in [-0.3, -0.25) is 14.5 Å². The summed E-state index contributed by atoms with van der Waals surface area (Å²) in [4.78, 5) is 26.1. The van der Waals surface area contributed by atoms with Gasteiger partial charge in [0.25, 0.3) is 0 Å². The van der Waals surface area contributed by atoms with Crippen LogP contribution < -0.4 is 10.6 Å². The number of anilines is 2. The minimum Gasteiger partial charge on any atom is -0.326 e. The molecule has 5 nitrogen and oxygen atoms in total. The van der Waals surface area contributed by atoms with Gasteiger partial charge in [0.1, 0.15) is 0 Å². The molecule has 0 saturated heterocycles. The van der Waals surface area contributed by atoms with Crippen LogP contribution in [0.5, 0.6) is 0 Å². The number of nitrogens with one attached hydrogen (secondary N) is 2. The van der Waals surface area contributed by atoms with Crippen molar-refractivity contribution < 1.29 is 9.59 Å². The Labute approximate surface area is 144 Å². The van der Waals surface area contributed by atoms with Crippen LogP contribution in [0.4, 0.5) is 11.4 Å². The largest absolute Gasteiger partial charge is 0.326 e. The maximum atomic E-state index is 12.2. The van der Waals surface area contributed by atoms with Crippen LogP contribution in [0.2, 0.25) is 0 Å². The number of benzene rings is 1. The molecular weight excluding hydrogens is 302 g/mol. The molecule has 0 bridgehead atoms. The van der Waals surface area contributed by atoms with Crippen molar-refractivity contribution in [3.8, 4) is 0 Å². The third kappa shape index (κ3) is 6.79. The summed E-state index contributed by atoms with van der Waals surface area (Å²) in [7, 11) is 0. The number of carbonyl (C=O) groups is 2. The first kappa shape index (κ1) is 19.6. The maximum Gasteiger partial charge on any atom is 0.238 e. The van der Waals surface area contributed by atoms with Crippen molar-refractivity contribution in [1.29, 1.82) is 0 Å². The molecule has 0 aromatic heterocycles. The third-order valence-electron chi connectivity index (χ3n) is 3.23. The molecule has 0 saturated carbocycles. The van der Waals surface area contributed by atoms with E-state index in [0.717, 1.165) is 0 Å². The highest BCUT2D eigenvalue weighted by atomic mass is 16.2. The molecule has 5 heteroatoms. The summed E-state index contributed by atoms with van der Waals surface area (Å²) in [6, 6.07) is 7.11. The molecular formula is C19H27N3O2. The Morgan fingerprint density at radius 3 is 2.12 bits per heavy atom. The van der Waals surface area contributed by atoms with Gasteiger partial charge in [-0.25, -0.2) is 0 Å². The minimum atomic E-state index is -0.477. The first-order valence-electron chi connectivity index (χ1n) is 7.91. The molecule has 1 aromatic rings. The van der Waals surface area contributed by atoms with Crippen LogP contribution in [0.15, 0.2) is 49.6 Å². The third-order valence-corrected chi connectivity index (χ3v) is 3.23. The van der Waals surface area contributed by atoms with Crippen LogP contribution in [0.1, 0.15) is 20.8 Å². The van der Waals surface area contributed by atoms with Crippen LogP contribution in [0.3, 0.4) is 0 Å². The molecule has 1 rings (SSSR count). The Balaban J connectivity index is 2.69. The number of rotatable bonds is 8. The second-order valence-electron chi connectivity index (χ2n) is 6.60. The number of carbonyl (C=O) groups excluding carboxylic acids is 2. The molecule has 1 aromatic carbocycles. The van der Waals surface area contributed by atoms with Crippen molar-refractivity contribution in [2.75, 3.05) is 30.3 Å². The van der Waals surface area contributed by atoms with Crippen molar-refractivity contribution in [1.82, 2.24) is 4.90 Å². The highest BCUT2D eigenvalue weighted by Gasteiger charge is 2.21. The number of hydrogen-bond acceptors (Lipinski definition) is 3. The Hall–Kier alpha value is -2.40. The zero-order valence-corrected chi connectivity index (χ0v) is 14.8. The lowest BCUT2D eigenvalue weighted by Gasteiger charge is -2.19. The van der Waals surface area contributed by atoms with Gasteiger partial charge in [-0.1, -0.05) is 39.0 Å². The topological polar surface area (TPSA) is 61.4 Å². The molecule has 0 fully saturated rings. The van der Waals surface area contributed by atoms with Crippen molar-refractivity contribution in [3.63, 3.8) is 0 Å². The van der Waals surface area contributed by atoms with Crippen LogP contribution in [-0.4, -0.2) is 36.3 Å². The summed E-state index contributed by atoms with van der Waals surface area (Å²) in [6.07, 6.45) is 3.50. The standard InChI is InChI=1S/C19H27N3O2/c1-6-11-22(12-7-2)14-17(23)20-15-9-8-10-16(13-15)21-18(24)19(3,4)5/h6-10,13H,1-2,11-12,14H2,3-5H3,(H,20,23)(H,21,24). The number of amides is 2. The lowest BCUT2D eigenvalue weighted by atomic mass is 9.95. The molecule has 0 spiro atoms. The van der Waals surface area contributed by atoms with Gasteiger partial charge in [0.2, 0.25) is 11.8 Å². The van der Waals surface area contributed by atoms with Gasteiger partial charge in [0, 0.05) is 29.9 Å². The predicted molar refractivity (Wildman–Crippen MR) is 100.0 cm³/mol. The lowest BCUT2D eigenvalue weighted by Crippen LogP contribution is -2.33. The van der Waals surface area contributed by atoms with Crippen molar-refractivity contribution in [2.24, 2.45) is 5.41 Å². The average Bonchev–Trinajstić information content (AvgIpc) is 2.47. The molecule has 2 amide bonds. The number of nitrogens with zero attached hydrogens (tertiary/aromatic N) is 1.